The lowest BCUT2D eigenvalue weighted by atomic mass is 10.2. The number of urea groups is 1. The molecule has 0 saturated heterocycles. The predicted octanol–water partition coefficient (Wildman–Crippen LogP) is 3.31. The van der Waals surface area contributed by atoms with Crippen molar-refractivity contribution in [3.05, 3.63) is 46.2 Å². The van der Waals surface area contributed by atoms with Crippen molar-refractivity contribution in [1.82, 2.24) is 5.32 Å². The molecular weight excluding hydrogens is 300 g/mol. The van der Waals surface area contributed by atoms with Crippen LogP contribution in [-0.4, -0.2) is 24.3 Å². The highest BCUT2D eigenvalue weighted by Gasteiger charge is 2.10. The molecule has 0 bridgehead atoms. The van der Waals surface area contributed by atoms with Crippen LogP contribution in [0.4, 0.5) is 10.5 Å². The van der Waals surface area contributed by atoms with Crippen molar-refractivity contribution in [2.45, 2.75) is 20.0 Å². The number of amides is 2. The molecule has 3 N–H and O–H groups in total. The first-order valence-corrected chi connectivity index (χ1v) is 8.03. The number of carbonyl (C=O) groups is 1. The van der Waals surface area contributed by atoms with Crippen LogP contribution in [0, 0.1) is 6.92 Å². The molecule has 0 aliphatic carbocycles. The minimum atomic E-state index is -0.700. The second-order valence-electron chi connectivity index (χ2n) is 4.82. The van der Waals surface area contributed by atoms with Gasteiger partial charge in [0.25, 0.3) is 0 Å². The Bertz CT molecular complexity index is 614. The third-order valence-corrected chi connectivity index (χ3v) is 3.83. The summed E-state index contributed by atoms with van der Waals surface area (Å²) in [6, 6.07) is 6.96. The van der Waals surface area contributed by atoms with E-state index in [1.54, 1.807) is 6.07 Å². The zero-order valence-electron chi connectivity index (χ0n) is 12.6. The van der Waals surface area contributed by atoms with E-state index in [-0.39, 0.29) is 12.6 Å². The number of thiophene rings is 1. The molecular formula is C16H20N2O3S. The van der Waals surface area contributed by atoms with E-state index in [1.165, 1.54) is 11.3 Å². The number of hydrogen-bond acceptors (Lipinski definition) is 4. The van der Waals surface area contributed by atoms with Gasteiger partial charge in [-0.05, 0) is 47.9 Å². The Morgan fingerprint density at radius 1 is 1.41 bits per heavy atom. The van der Waals surface area contributed by atoms with Gasteiger partial charge < -0.3 is 20.5 Å². The van der Waals surface area contributed by atoms with Gasteiger partial charge in [0, 0.05) is 18.3 Å². The van der Waals surface area contributed by atoms with Crippen LogP contribution >= 0.6 is 11.3 Å². The van der Waals surface area contributed by atoms with Crippen LogP contribution in [0.25, 0.3) is 0 Å². The summed E-state index contributed by atoms with van der Waals surface area (Å²) >= 11 is 1.51. The molecule has 1 heterocycles. The Labute approximate surface area is 133 Å². The van der Waals surface area contributed by atoms with Gasteiger partial charge >= 0.3 is 6.03 Å². The number of aliphatic hydroxyl groups is 1. The summed E-state index contributed by atoms with van der Waals surface area (Å²) in [4.78, 5) is 11.9. The maximum Gasteiger partial charge on any atom is 0.319 e. The van der Waals surface area contributed by atoms with Gasteiger partial charge in [0.2, 0.25) is 0 Å². The van der Waals surface area contributed by atoms with Crippen LogP contribution in [0.15, 0.2) is 35.0 Å². The topological polar surface area (TPSA) is 70.6 Å². The average Bonchev–Trinajstić information content (AvgIpc) is 3.03. The number of anilines is 1. The summed E-state index contributed by atoms with van der Waals surface area (Å²) < 4.78 is 5.50. The molecule has 0 aliphatic rings. The van der Waals surface area contributed by atoms with Crippen molar-refractivity contribution in [3.8, 4) is 5.75 Å². The van der Waals surface area contributed by atoms with E-state index < -0.39 is 6.10 Å². The molecule has 0 radical (unpaired) electrons. The minimum Gasteiger partial charge on any atom is -0.494 e. The average molecular weight is 320 g/mol. The second kappa shape index (κ2) is 7.82. The van der Waals surface area contributed by atoms with Crippen LogP contribution in [0.3, 0.4) is 0 Å². The first-order valence-electron chi connectivity index (χ1n) is 7.08. The van der Waals surface area contributed by atoms with Crippen molar-refractivity contribution < 1.29 is 14.6 Å². The first-order chi connectivity index (χ1) is 10.6. The Kier molecular flexibility index (Phi) is 5.80. The Morgan fingerprint density at radius 3 is 2.91 bits per heavy atom. The third-order valence-electron chi connectivity index (χ3n) is 3.13. The van der Waals surface area contributed by atoms with E-state index in [4.69, 9.17) is 4.74 Å². The largest absolute Gasteiger partial charge is 0.494 e. The van der Waals surface area contributed by atoms with E-state index in [1.807, 2.05) is 42.8 Å². The van der Waals surface area contributed by atoms with Gasteiger partial charge in [0.05, 0.1) is 12.7 Å². The fourth-order valence-corrected chi connectivity index (χ4v) is 2.64. The summed E-state index contributed by atoms with van der Waals surface area (Å²) in [6.07, 6.45) is -0.700. The smallest absolute Gasteiger partial charge is 0.319 e. The summed E-state index contributed by atoms with van der Waals surface area (Å²) in [5.41, 5.74) is 2.47. The van der Waals surface area contributed by atoms with Gasteiger partial charge in [-0.1, -0.05) is 6.07 Å². The highest BCUT2D eigenvalue weighted by Crippen LogP contribution is 2.22. The fraction of sp³-hybridized carbons (Fsp3) is 0.312. The van der Waals surface area contributed by atoms with Gasteiger partial charge in [0.1, 0.15) is 5.75 Å². The molecule has 2 rings (SSSR count). The van der Waals surface area contributed by atoms with Crippen molar-refractivity contribution in [2.24, 2.45) is 0 Å². The summed E-state index contributed by atoms with van der Waals surface area (Å²) in [7, 11) is 0. The van der Waals surface area contributed by atoms with E-state index in [0.29, 0.717) is 12.3 Å². The van der Waals surface area contributed by atoms with Crippen LogP contribution in [0.2, 0.25) is 0 Å². The molecule has 2 amide bonds. The number of aliphatic hydroxyl groups excluding tert-OH is 1. The van der Waals surface area contributed by atoms with Crippen LogP contribution in [0.1, 0.15) is 24.2 Å². The normalized spacial score (nSPS) is 11.8. The first kappa shape index (κ1) is 16.3. The highest BCUT2D eigenvalue weighted by molar-refractivity contribution is 7.07. The Hall–Kier alpha value is -2.05. The predicted molar refractivity (Wildman–Crippen MR) is 88.6 cm³/mol. The number of benzene rings is 1. The summed E-state index contributed by atoms with van der Waals surface area (Å²) in [6.45, 7) is 4.60. The number of rotatable bonds is 6. The van der Waals surface area contributed by atoms with Gasteiger partial charge in [-0.15, -0.1) is 0 Å². The van der Waals surface area contributed by atoms with Gasteiger partial charge in [0.15, 0.2) is 0 Å². The fourth-order valence-electron chi connectivity index (χ4n) is 1.94. The molecule has 1 atom stereocenters. The quantitative estimate of drug-likeness (QED) is 0.765. The Balaban J connectivity index is 1.88. The molecule has 1 aromatic heterocycles. The summed E-state index contributed by atoms with van der Waals surface area (Å²) in [5.74, 6) is 0.749. The van der Waals surface area contributed by atoms with Crippen molar-refractivity contribution in [2.75, 3.05) is 18.5 Å². The SMILES string of the molecule is CCOc1cc(NC(=O)NC[C@@H](O)c2ccsc2)ccc1C. The van der Waals surface area contributed by atoms with E-state index in [9.17, 15) is 9.90 Å². The summed E-state index contributed by atoms with van der Waals surface area (Å²) in [5, 5.41) is 19.0. The van der Waals surface area contributed by atoms with Gasteiger partial charge in [-0.3, -0.25) is 0 Å². The van der Waals surface area contributed by atoms with E-state index in [0.717, 1.165) is 16.9 Å². The monoisotopic (exact) mass is 320 g/mol. The Morgan fingerprint density at radius 2 is 2.23 bits per heavy atom. The van der Waals surface area contributed by atoms with Crippen molar-refractivity contribution in [3.63, 3.8) is 0 Å². The molecule has 5 nitrogen and oxygen atoms in total. The maximum atomic E-state index is 11.9. The number of hydrogen-bond donors (Lipinski definition) is 3. The molecule has 2 aromatic rings. The number of ether oxygens (including phenoxy) is 1. The molecule has 118 valence electrons. The lowest BCUT2D eigenvalue weighted by Crippen LogP contribution is -2.32. The van der Waals surface area contributed by atoms with Gasteiger partial charge in [-0.2, -0.15) is 11.3 Å². The second-order valence-corrected chi connectivity index (χ2v) is 5.60. The van der Waals surface area contributed by atoms with Crippen LogP contribution < -0.4 is 15.4 Å². The number of carbonyl (C=O) groups excluding carboxylic acids is 1. The van der Waals surface area contributed by atoms with Crippen LogP contribution in [0.5, 0.6) is 5.75 Å². The zero-order chi connectivity index (χ0) is 15.9. The number of aryl methyl sites for hydroxylation is 1. The van der Waals surface area contributed by atoms with Crippen LogP contribution in [-0.2, 0) is 0 Å². The number of nitrogens with one attached hydrogen (secondary N) is 2. The van der Waals surface area contributed by atoms with E-state index in [2.05, 4.69) is 10.6 Å². The third kappa shape index (κ3) is 4.47. The lowest BCUT2D eigenvalue weighted by Gasteiger charge is -2.13. The van der Waals surface area contributed by atoms with Crippen molar-refractivity contribution in [1.29, 1.82) is 0 Å². The molecule has 0 fully saturated rings. The minimum absolute atomic E-state index is 0.159. The molecule has 0 aliphatic heterocycles. The maximum absolute atomic E-state index is 11.9. The van der Waals surface area contributed by atoms with Gasteiger partial charge in [-0.25, -0.2) is 4.79 Å². The zero-order valence-corrected chi connectivity index (χ0v) is 13.4. The molecule has 0 unspecified atom stereocenters. The molecule has 22 heavy (non-hydrogen) atoms. The molecule has 0 saturated carbocycles. The highest BCUT2D eigenvalue weighted by atomic mass is 32.1. The molecule has 1 aromatic carbocycles. The molecule has 0 spiro atoms. The lowest BCUT2D eigenvalue weighted by molar-refractivity contribution is 0.175. The van der Waals surface area contributed by atoms with E-state index >= 15 is 0 Å². The molecule has 6 heteroatoms. The van der Waals surface area contributed by atoms with Crippen molar-refractivity contribution >= 4 is 23.1 Å². The standard InChI is InChI=1S/C16H20N2O3S/c1-3-21-15-8-13(5-4-11(15)2)18-16(20)17-9-14(19)12-6-7-22-10-12/h4-8,10,14,19H,3,9H2,1-2H3,(H2,17,18,20)/t14-/m1/s1.